The molecule has 2 aliphatic rings. The maximum absolute atomic E-state index is 14.7. The molecule has 0 amide bonds. The molecule has 2 fully saturated rings. The van der Waals surface area contributed by atoms with Gasteiger partial charge in [-0.2, -0.15) is 10.4 Å². The van der Waals surface area contributed by atoms with Gasteiger partial charge in [0, 0.05) is 53.2 Å². The van der Waals surface area contributed by atoms with Crippen LogP contribution in [0.5, 0.6) is 0 Å². The van der Waals surface area contributed by atoms with Crippen LogP contribution in [0.25, 0.3) is 33.9 Å². The van der Waals surface area contributed by atoms with E-state index in [-0.39, 0.29) is 11.6 Å². The molecule has 12 rings (SSSR count). The smallest absolute Gasteiger partial charge is 0.423 e. The molecule has 2 saturated carbocycles. The Morgan fingerprint density at radius 2 is 0.977 bits per heavy atom. The summed E-state index contributed by atoms with van der Waals surface area (Å²) in [6.07, 6.45) is 8.44. The first kappa shape index (κ1) is 62.1. The lowest BCUT2D eigenvalue weighted by Gasteiger charge is -2.28. The molecule has 0 aliphatic heterocycles. The van der Waals surface area contributed by atoms with Gasteiger partial charge >= 0.3 is 7.12 Å². The van der Waals surface area contributed by atoms with Crippen molar-refractivity contribution in [3.63, 3.8) is 0 Å². The Morgan fingerprint density at radius 1 is 0.511 bits per heavy atom. The summed E-state index contributed by atoms with van der Waals surface area (Å²) in [5.74, 6) is 1.48. The lowest BCUT2D eigenvalue weighted by molar-refractivity contribution is 0.426. The van der Waals surface area contributed by atoms with E-state index in [0.29, 0.717) is 47.8 Å². The molecule has 20 heteroatoms. The fourth-order valence-electron chi connectivity index (χ4n) is 10.7. The lowest BCUT2D eigenvalue weighted by atomic mass is 9.77. The highest BCUT2D eigenvalue weighted by Gasteiger charge is 2.28. The molecule has 452 valence electrons. The molecule has 8 N–H and O–H groups in total. The number of aromatic nitrogens is 8. The molecule has 0 atom stereocenters. The summed E-state index contributed by atoms with van der Waals surface area (Å²) in [6.45, 7) is 9.16. The Kier molecular flexibility index (Phi) is 21.9. The van der Waals surface area contributed by atoms with Crippen molar-refractivity contribution in [2.75, 3.05) is 70.6 Å². The number of rotatable bonds is 26. The molecule has 0 bridgehead atoms. The van der Waals surface area contributed by atoms with Gasteiger partial charge in [-0.15, -0.1) is 20.4 Å². The number of hydrogen-bond acceptors (Lipinski definition) is 14. The molecule has 16 nitrogen and oxygen atoms in total. The Morgan fingerprint density at radius 3 is 1.45 bits per heavy atom. The van der Waals surface area contributed by atoms with Crippen LogP contribution in [0.3, 0.4) is 0 Å². The van der Waals surface area contributed by atoms with E-state index in [9.17, 15) is 8.78 Å². The third-order valence-electron chi connectivity index (χ3n) is 15.5. The van der Waals surface area contributed by atoms with E-state index >= 15 is 0 Å². The predicted molar refractivity (Wildman–Crippen MR) is 355 cm³/mol. The monoisotopic (exact) mass is 1250 g/mol. The van der Waals surface area contributed by atoms with Gasteiger partial charge in [-0.25, -0.2) is 8.78 Å². The number of H-pyrrole nitrogens is 2. The van der Waals surface area contributed by atoms with Gasteiger partial charge in [-0.1, -0.05) is 157 Å². The van der Waals surface area contributed by atoms with Gasteiger partial charge in [0.05, 0.1) is 36.1 Å². The van der Waals surface area contributed by atoms with Crippen LogP contribution in [0.15, 0.2) is 186 Å². The van der Waals surface area contributed by atoms with E-state index in [4.69, 9.17) is 10.0 Å². The van der Waals surface area contributed by atoms with Crippen molar-refractivity contribution in [2.24, 2.45) is 0 Å². The first-order valence-corrected chi connectivity index (χ1v) is 31.0. The number of hydrogen-bond donors (Lipinski definition) is 8. The highest BCUT2D eigenvalue weighted by molar-refractivity contribution is 9.10. The summed E-state index contributed by atoms with van der Waals surface area (Å²) in [7, 11) is -1.54. The van der Waals surface area contributed by atoms with Gasteiger partial charge in [0.25, 0.3) is 0 Å². The largest absolute Gasteiger partial charge is 0.489 e. The number of nitrogens with one attached hydrogen (secondary N) is 6. The van der Waals surface area contributed by atoms with E-state index in [1.54, 1.807) is 36.4 Å². The first-order valence-electron chi connectivity index (χ1n) is 30.2. The molecule has 88 heavy (non-hydrogen) atoms. The van der Waals surface area contributed by atoms with Crippen LogP contribution in [-0.4, -0.2) is 97.9 Å². The topological polar surface area (TPSA) is 204 Å². The standard InChI is InChI=1S/C34H36FN7.C27H31BrFN3.C7H7BN4O2/c1-2-19-42(20-18-24-8-4-3-5-9-24)33-17-14-26(28-10-6-7-11-30(28)34-38-40-41-39-34)21-32(33)37-23-36-27-15-16-29(25-12-13-25)31(35)22-27;1-2-15-32(16-14-20-6-4-3-5-7-20)27-13-10-22(28)17-26(27)31-19-30-23-11-12-24(21-8-9-21)25(29)18-23;13-8(14)6-4-2-1-3-5(6)7-9-11-12-10-7/h3-11,14-17,21-22,25,36-37H,2,12-13,18-20,23H2,1H3,(H,38,39,40,41);3-7,10-13,17-18,21,30-31H,2,8-9,14-16,19H2,1H3;1-4,13-14H,(H,9,10,11,12). The van der Waals surface area contributed by atoms with Crippen LogP contribution in [0.4, 0.5) is 42.9 Å². The van der Waals surface area contributed by atoms with E-state index < -0.39 is 7.12 Å². The summed E-state index contributed by atoms with van der Waals surface area (Å²) in [5.41, 5.74) is 14.2. The summed E-state index contributed by atoms with van der Waals surface area (Å²) in [6, 6.07) is 59.9. The molecule has 10 aromatic rings. The van der Waals surface area contributed by atoms with Crippen molar-refractivity contribution in [2.45, 2.75) is 77.0 Å². The van der Waals surface area contributed by atoms with Crippen molar-refractivity contribution in [3.8, 4) is 33.9 Å². The second-order valence-corrected chi connectivity index (χ2v) is 22.8. The predicted octanol–water partition coefficient (Wildman–Crippen LogP) is 13.4. The minimum Gasteiger partial charge on any atom is -0.423 e. The highest BCUT2D eigenvalue weighted by Crippen LogP contribution is 2.43. The fraction of sp³-hybridized carbons (Fsp3) is 0.265. The molecule has 0 spiro atoms. The second kappa shape index (κ2) is 31.1. The molecule has 8 aromatic carbocycles. The molecule has 0 radical (unpaired) electrons. The maximum Gasteiger partial charge on any atom is 0.489 e. The van der Waals surface area contributed by atoms with Crippen LogP contribution < -0.4 is 36.5 Å². The van der Waals surface area contributed by atoms with Gasteiger partial charge in [0.1, 0.15) is 11.6 Å². The minimum absolute atomic E-state index is 0.101. The van der Waals surface area contributed by atoms with Gasteiger partial charge in [-0.3, -0.25) is 0 Å². The number of anilines is 6. The molecule has 2 aromatic heterocycles. The minimum atomic E-state index is -1.54. The molecular weight excluding hydrogens is 1170 g/mol. The van der Waals surface area contributed by atoms with Crippen LogP contribution in [0, 0.1) is 11.6 Å². The van der Waals surface area contributed by atoms with E-state index in [0.717, 1.165) is 138 Å². The zero-order chi connectivity index (χ0) is 61.0. The third-order valence-corrected chi connectivity index (χ3v) is 16.0. The number of benzene rings is 8. The Balaban J connectivity index is 0.000000163. The van der Waals surface area contributed by atoms with Crippen molar-refractivity contribution < 1.29 is 18.8 Å². The number of nitrogens with zero attached hydrogens (tertiary/aromatic N) is 8. The maximum atomic E-state index is 14.7. The number of halogens is 3. The zero-order valence-corrected chi connectivity index (χ0v) is 51.1. The summed E-state index contributed by atoms with van der Waals surface area (Å²) >= 11 is 3.61. The van der Waals surface area contributed by atoms with Crippen LogP contribution in [0.2, 0.25) is 0 Å². The van der Waals surface area contributed by atoms with Gasteiger partial charge in [0.15, 0.2) is 0 Å². The summed E-state index contributed by atoms with van der Waals surface area (Å²) in [5, 5.41) is 59.9. The second-order valence-electron chi connectivity index (χ2n) is 21.9. The van der Waals surface area contributed by atoms with Crippen molar-refractivity contribution in [3.05, 3.63) is 220 Å². The lowest BCUT2D eigenvalue weighted by Crippen LogP contribution is -2.31. The van der Waals surface area contributed by atoms with Crippen LogP contribution in [-0.2, 0) is 12.8 Å². The van der Waals surface area contributed by atoms with Crippen LogP contribution >= 0.6 is 15.9 Å². The third kappa shape index (κ3) is 17.2. The highest BCUT2D eigenvalue weighted by atomic mass is 79.9. The van der Waals surface area contributed by atoms with E-state index in [1.165, 1.54) is 16.8 Å². The molecular formula is C68H74BBrF2N14O2. The number of tetrazole rings is 2. The zero-order valence-electron chi connectivity index (χ0n) is 49.6. The quantitative estimate of drug-likeness (QED) is 0.0188. The van der Waals surface area contributed by atoms with Gasteiger partial charge < -0.3 is 41.1 Å². The van der Waals surface area contributed by atoms with Crippen molar-refractivity contribution in [1.29, 1.82) is 0 Å². The van der Waals surface area contributed by atoms with Gasteiger partial charge in [0.2, 0.25) is 11.6 Å². The normalized spacial score (nSPS) is 12.4. The van der Waals surface area contributed by atoms with Crippen molar-refractivity contribution in [1.82, 2.24) is 41.2 Å². The first-order chi connectivity index (χ1) is 43.1. The Hall–Kier alpha value is -8.98. The Labute approximate surface area is 521 Å². The summed E-state index contributed by atoms with van der Waals surface area (Å²) < 4.78 is 30.1. The fourth-order valence-corrected chi connectivity index (χ4v) is 11.1. The van der Waals surface area contributed by atoms with E-state index in [2.05, 4.69) is 205 Å². The summed E-state index contributed by atoms with van der Waals surface area (Å²) in [4.78, 5) is 4.88. The number of aromatic amines is 2. The molecule has 2 heterocycles. The average molecular weight is 1250 g/mol. The average Bonchev–Trinajstić information content (AvgIpc) is 2.27. The molecule has 2 aliphatic carbocycles. The SMILES string of the molecule is CCCN(CCc1ccccc1)c1ccc(-c2ccccc2-c2nn[nH]n2)cc1NCNc1ccc(C2CC2)c(F)c1.CCCN(CCc1ccccc1)c1ccc(Br)cc1NCNc1ccc(C2CC2)c(F)c1.OB(O)c1ccccc1-c1nn[nH]n1. The Bertz CT molecular complexity index is 3770. The molecule has 0 unspecified atom stereocenters. The van der Waals surface area contributed by atoms with Crippen molar-refractivity contribution >= 4 is 62.6 Å². The van der Waals surface area contributed by atoms with E-state index in [1.807, 2.05) is 42.5 Å². The van der Waals surface area contributed by atoms with Gasteiger partial charge in [-0.05, 0) is 167 Å². The molecule has 0 saturated heterocycles. The van der Waals surface area contributed by atoms with Crippen LogP contribution in [0.1, 0.15) is 86.5 Å².